The van der Waals surface area contributed by atoms with Crippen molar-refractivity contribution in [1.29, 1.82) is 0 Å². The van der Waals surface area contributed by atoms with Gasteiger partial charge < -0.3 is 9.47 Å². The number of hydrogen-bond acceptors (Lipinski definition) is 6. The minimum Gasteiger partial charge on any atom is -0.463 e. The molecule has 0 amide bonds. The zero-order valence-corrected chi connectivity index (χ0v) is 16.5. The van der Waals surface area contributed by atoms with Crippen molar-refractivity contribution in [3.05, 3.63) is 77.0 Å². The summed E-state index contributed by atoms with van der Waals surface area (Å²) in [6.45, 7) is 2.58. The van der Waals surface area contributed by atoms with Gasteiger partial charge in [0.2, 0.25) is 6.10 Å². The number of esters is 2. The van der Waals surface area contributed by atoms with Crippen LogP contribution in [0.1, 0.15) is 33.6 Å². The van der Waals surface area contributed by atoms with E-state index in [-0.39, 0.29) is 6.61 Å². The lowest BCUT2D eigenvalue weighted by Gasteiger charge is -2.30. The highest BCUT2D eigenvalue weighted by Crippen LogP contribution is 2.30. The molecule has 6 heteroatoms. The van der Waals surface area contributed by atoms with E-state index in [1.807, 2.05) is 42.5 Å². The SMILES string of the molecule is O=C(OC1CCOC1=O)c1c2c(nc3ccccc13)CCN(Cc1ccccc1)C2. The molecule has 0 radical (unpaired) electrons. The van der Waals surface area contributed by atoms with E-state index < -0.39 is 18.0 Å². The van der Waals surface area contributed by atoms with Crippen LogP contribution in [0.15, 0.2) is 54.6 Å². The first-order chi connectivity index (χ1) is 14.7. The predicted octanol–water partition coefficient (Wildman–Crippen LogP) is 3.27. The quantitative estimate of drug-likeness (QED) is 0.624. The number of benzene rings is 2. The first-order valence-corrected chi connectivity index (χ1v) is 10.2. The van der Waals surface area contributed by atoms with Crippen LogP contribution in [-0.4, -0.2) is 41.1 Å². The van der Waals surface area contributed by atoms with E-state index in [2.05, 4.69) is 17.0 Å². The fourth-order valence-electron chi connectivity index (χ4n) is 4.23. The van der Waals surface area contributed by atoms with Crippen LogP contribution in [0.4, 0.5) is 0 Å². The molecule has 3 heterocycles. The predicted molar refractivity (Wildman–Crippen MR) is 111 cm³/mol. The first-order valence-electron chi connectivity index (χ1n) is 10.2. The van der Waals surface area contributed by atoms with Crippen LogP contribution in [-0.2, 0) is 33.8 Å². The summed E-state index contributed by atoms with van der Waals surface area (Å²) in [6, 6.07) is 17.9. The molecule has 2 aliphatic rings. The lowest BCUT2D eigenvalue weighted by atomic mass is 9.95. The van der Waals surface area contributed by atoms with Gasteiger partial charge in [0.1, 0.15) is 0 Å². The fraction of sp³-hybridized carbons (Fsp3) is 0.292. The average molecular weight is 402 g/mol. The van der Waals surface area contributed by atoms with Gasteiger partial charge in [0.05, 0.1) is 17.7 Å². The number of fused-ring (bicyclic) bond motifs is 2. The van der Waals surface area contributed by atoms with Crippen LogP contribution in [0, 0.1) is 0 Å². The second-order valence-electron chi connectivity index (χ2n) is 7.73. The maximum atomic E-state index is 13.2. The number of carbonyl (C=O) groups excluding carboxylic acids is 2. The highest BCUT2D eigenvalue weighted by molar-refractivity contribution is 6.05. The van der Waals surface area contributed by atoms with Gasteiger partial charge in [-0.3, -0.25) is 9.88 Å². The number of cyclic esters (lactones) is 1. The van der Waals surface area contributed by atoms with Crippen LogP contribution >= 0.6 is 0 Å². The van der Waals surface area contributed by atoms with Crippen molar-refractivity contribution in [1.82, 2.24) is 9.88 Å². The van der Waals surface area contributed by atoms with E-state index >= 15 is 0 Å². The number of ether oxygens (including phenoxy) is 2. The minimum absolute atomic E-state index is 0.289. The van der Waals surface area contributed by atoms with Crippen LogP contribution in [0.25, 0.3) is 10.9 Å². The molecule has 0 spiro atoms. The van der Waals surface area contributed by atoms with Gasteiger partial charge in [-0.15, -0.1) is 0 Å². The van der Waals surface area contributed by atoms with Crippen LogP contribution in [0.2, 0.25) is 0 Å². The highest BCUT2D eigenvalue weighted by Gasteiger charge is 2.33. The summed E-state index contributed by atoms with van der Waals surface area (Å²) in [6.07, 6.45) is 0.332. The molecule has 1 aromatic heterocycles. The Morgan fingerprint density at radius 2 is 1.93 bits per heavy atom. The second-order valence-corrected chi connectivity index (χ2v) is 7.73. The second kappa shape index (κ2) is 7.88. The van der Waals surface area contributed by atoms with Crippen molar-refractivity contribution in [3.63, 3.8) is 0 Å². The Hall–Kier alpha value is -3.25. The summed E-state index contributed by atoms with van der Waals surface area (Å²) in [5.74, 6) is -0.948. The van der Waals surface area contributed by atoms with Gasteiger partial charge in [-0.05, 0) is 11.6 Å². The number of hydrogen-bond donors (Lipinski definition) is 0. The molecule has 2 aliphatic heterocycles. The average Bonchev–Trinajstić information content (AvgIpc) is 3.17. The van der Waals surface area contributed by atoms with Crippen molar-refractivity contribution in [2.24, 2.45) is 0 Å². The Balaban J connectivity index is 1.51. The molecule has 0 N–H and O–H groups in total. The van der Waals surface area contributed by atoms with Gasteiger partial charge >= 0.3 is 11.9 Å². The summed E-state index contributed by atoms with van der Waals surface area (Å²) in [4.78, 5) is 32.2. The van der Waals surface area contributed by atoms with E-state index in [0.717, 1.165) is 41.7 Å². The maximum Gasteiger partial charge on any atom is 0.347 e. The number of carbonyl (C=O) groups is 2. The van der Waals surface area contributed by atoms with Gasteiger partial charge in [-0.2, -0.15) is 0 Å². The summed E-state index contributed by atoms with van der Waals surface area (Å²) in [5, 5.41) is 0.758. The Morgan fingerprint density at radius 1 is 1.13 bits per heavy atom. The molecule has 1 unspecified atom stereocenters. The van der Waals surface area contributed by atoms with Crippen molar-refractivity contribution >= 4 is 22.8 Å². The standard InChI is InChI=1S/C24H22N2O4/c27-23-21(11-13-29-23)30-24(28)22-17-8-4-5-9-19(17)25-20-10-12-26(15-18(20)22)14-16-6-2-1-3-7-16/h1-9,21H,10-15H2. The van der Waals surface area contributed by atoms with Crippen LogP contribution in [0.3, 0.4) is 0 Å². The Morgan fingerprint density at radius 3 is 2.73 bits per heavy atom. The molecule has 3 aromatic rings. The summed E-state index contributed by atoms with van der Waals surface area (Å²) >= 11 is 0. The van der Waals surface area contributed by atoms with Gasteiger partial charge in [0.25, 0.3) is 0 Å². The molecule has 0 saturated carbocycles. The molecule has 0 aliphatic carbocycles. The molecule has 0 bridgehead atoms. The number of aromatic nitrogens is 1. The molecule has 152 valence electrons. The van der Waals surface area contributed by atoms with Gasteiger partial charge in [0, 0.05) is 49.1 Å². The molecular weight excluding hydrogens is 380 g/mol. The Bertz CT molecular complexity index is 1110. The van der Waals surface area contributed by atoms with Crippen molar-refractivity contribution in [3.8, 4) is 0 Å². The smallest absolute Gasteiger partial charge is 0.347 e. The van der Waals surface area contributed by atoms with E-state index in [1.54, 1.807) is 0 Å². The summed E-state index contributed by atoms with van der Waals surface area (Å²) in [7, 11) is 0. The molecule has 30 heavy (non-hydrogen) atoms. The summed E-state index contributed by atoms with van der Waals surface area (Å²) in [5.41, 5.74) is 4.35. The first kappa shape index (κ1) is 18.8. The van der Waals surface area contributed by atoms with E-state index in [9.17, 15) is 9.59 Å². The van der Waals surface area contributed by atoms with Gasteiger partial charge in [-0.25, -0.2) is 9.59 Å². The third kappa shape index (κ3) is 3.55. The molecule has 5 rings (SSSR count). The van der Waals surface area contributed by atoms with Crippen LogP contribution in [0.5, 0.6) is 0 Å². The maximum absolute atomic E-state index is 13.2. The third-order valence-electron chi connectivity index (χ3n) is 5.72. The fourth-order valence-corrected chi connectivity index (χ4v) is 4.23. The molecule has 2 aromatic carbocycles. The third-order valence-corrected chi connectivity index (χ3v) is 5.72. The van der Waals surface area contributed by atoms with Crippen LogP contribution < -0.4 is 0 Å². The molecule has 1 saturated heterocycles. The summed E-state index contributed by atoms with van der Waals surface area (Å²) < 4.78 is 10.5. The highest BCUT2D eigenvalue weighted by atomic mass is 16.6. The van der Waals surface area contributed by atoms with Crippen molar-refractivity contribution < 1.29 is 19.1 Å². The normalized spacial score (nSPS) is 18.8. The number of para-hydroxylation sites is 1. The van der Waals surface area contributed by atoms with Crippen molar-refractivity contribution in [2.45, 2.75) is 32.0 Å². The number of pyridine rings is 1. The monoisotopic (exact) mass is 402 g/mol. The number of nitrogens with zero attached hydrogens (tertiary/aromatic N) is 2. The zero-order chi connectivity index (χ0) is 20.5. The molecule has 1 fully saturated rings. The lowest BCUT2D eigenvalue weighted by molar-refractivity contribution is -0.145. The topological polar surface area (TPSA) is 68.7 Å². The minimum atomic E-state index is -0.830. The zero-order valence-electron chi connectivity index (χ0n) is 16.5. The number of rotatable bonds is 4. The van der Waals surface area contributed by atoms with Gasteiger partial charge in [0.15, 0.2) is 0 Å². The largest absolute Gasteiger partial charge is 0.463 e. The van der Waals surface area contributed by atoms with Crippen molar-refractivity contribution in [2.75, 3.05) is 13.2 Å². The molecular formula is C24H22N2O4. The van der Waals surface area contributed by atoms with E-state index in [1.165, 1.54) is 5.56 Å². The molecule has 1 atom stereocenters. The molecule has 6 nitrogen and oxygen atoms in total. The Kier molecular flexibility index (Phi) is 4.93. The van der Waals surface area contributed by atoms with E-state index in [0.29, 0.717) is 18.5 Å². The Labute approximate surface area is 174 Å². The van der Waals surface area contributed by atoms with Gasteiger partial charge in [-0.1, -0.05) is 48.5 Å². The van der Waals surface area contributed by atoms with E-state index in [4.69, 9.17) is 14.5 Å². The lowest BCUT2D eigenvalue weighted by Crippen LogP contribution is -2.33.